The van der Waals surface area contributed by atoms with Crippen LogP contribution >= 0.6 is 11.6 Å². The van der Waals surface area contributed by atoms with Crippen molar-refractivity contribution in [2.24, 2.45) is 0 Å². The number of nitriles is 1. The van der Waals surface area contributed by atoms with Crippen molar-refractivity contribution < 1.29 is 14.3 Å². The number of rotatable bonds is 8. The predicted octanol–water partition coefficient (Wildman–Crippen LogP) is 7.02. The van der Waals surface area contributed by atoms with Crippen molar-refractivity contribution in [1.82, 2.24) is 0 Å². The monoisotopic (exact) mass is 482 g/mol. The average molecular weight is 483 g/mol. The molecule has 0 atom stereocenters. The van der Waals surface area contributed by atoms with Gasteiger partial charge >= 0.3 is 0 Å². The first-order valence-corrected chi connectivity index (χ1v) is 11.5. The molecule has 4 rings (SSSR count). The number of hydrogen-bond acceptors (Lipinski definition) is 4. The van der Waals surface area contributed by atoms with Gasteiger partial charge in [0.2, 0.25) is 0 Å². The van der Waals surface area contributed by atoms with Gasteiger partial charge in [-0.25, -0.2) is 0 Å². The highest BCUT2D eigenvalue weighted by atomic mass is 35.5. The summed E-state index contributed by atoms with van der Waals surface area (Å²) in [7, 11) is 0. The molecule has 0 aliphatic rings. The molecule has 0 aliphatic carbocycles. The van der Waals surface area contributed by atoms with Crippen LogP contribution in [-0.2, 0) is 11.4 Å². The lowest BCUT2D eigenvalue weighted by Gasteiger charge is -2.13. The van der Waals surface area contributed by atoms with E-state index in [4.69, 9.17) is 21.1 Å². The SMILES string of the molecule is CCOc1cc(/C=C(\C#N)C(=O)Nc2cccc3ccccc23)ccc1OCc1cccc(Cl)c1. The van der Waals surface area contributed by atoms with E-state index in [9.17, 15) is 10.1 Å². The number of nitrogens with zero attached hydrogens (tertiary/aromatic N) is 1. The number of hydrogen-bond donors (Lipinski definition) is 1. The Labute approximate surface area is 209 Å². The topological polar surface area (TPSA) is 71.3 Å². The van der Waals surface area contributed by atoms with Gasteiger partial charge in [0, 0.05) is 16.1 Å². The molecule has 35 heavy (non-hydrogen) atoms. The highest BCUT2D eigenvalue weighted by molar-refractivity contribution is 6.30. The lowest BCUT2D eigenvalue weighted by Crippen LogP contribution is -2.13. The fraction of sp³-hybridized carbons (Fsp3) is 0.103. The molecular weight excluding hydrogens is 460 g/mol. The van der Waals surface area contributed by atoms with E-state index < -0.39 is 5.91 Å². The van der Waals surface area contributed by atoms with Gasteiger partial charge in [-0.1, -0.05) is 66.2 Å². The van der Waals surface area contributed by atoms with Crippen LogP contribution in [0.15, 0.2) is 90.5 Å². The smallest absolute Gasteiger partial charge is 0.266 e. The molecule has 5 nitrogen and oxygen atoms in total. The molecule has 0 spiro atoms. The molecular formula is C29H23ClN2O3. The quantitative estimate of drug-likeness (QED) is 0.216. The summed E-state index contributed by atoms with van der Waals surface area (Å²) >= 11 is 6.05. The molecule has 1 amide bonds. The van der Waals surface area contributed by atoms with E-state index in [1.54, 1.807) is 24.3 Å². The van der Waals surface area contributed by atoms with Crippen LogP contribution < -0.4 is 14.8 Å². The van der Waals surface area contributed by atoms with Crippen LogP contribution in [0.3, 0.4) is 0 Å². The van der Waals surface area contributed by atoms with Gasteiger partial charge in [0.05, 0.1) is 6.61 Å². The minimum atomic E-state index is -0.483. The second kappa shape index (κ2) is 11.2. The molecule has 1 N–H and O–H groups in total. The number of fused-ring (bicyclic) bond motifs is 1. The number of carbonyl (C=O) groups is 1. The Balaban J connectivity index is 1.54. The molecule has 174 valence electrons. The Kier molecular flexibility index (Phi) is 7.67. The molecule has 0 bridgehead atoms. The van der Waals surface area contributed by atoms with E-state index >= 15 is 0 Å². The van der Waals surface area contributed by atoms with Gasteiger partial charge in [-0.05, 0) is 59.8 Å². The van der Waals surface area contributed by atoms with Gasteiger partial charge in [0.25, 0.3) is 5.91 Å². The van der Waals surface area contributed by atoms with Crippen molar-refractivity contribution in [1.29, 1.82) is 5.26 Å². The molecule has 4 aromatic carbocycles. The Morgan fingerprint density at radius 3 is 2.57 bits per heavy atom. The van der Waals surface area contributed by atoms with E-state index in [0.717, 1.165) is 16.3 Å². The first kappa shape index (κ1) is 23.9. The standard InChI is InChI=1S/C29H23ClN2O3/c1-2-34-28-17-20(13-14-27(28)35-19-21-7-5-10-24(30)16-21)15-23(18-31)29(33)32-26-12-6-9-22-8-3-4-11-25(22)26/h3-17H,2,19H2,1H3,(H,32,33)/b23-15+. The number of ether oxygens (including phenoxy) is 2. The number of amides is 1. The fourth-order valence-corrected chi connectivity index (χ4v) is 3.84. The summed E-state index contributed by atoms with van der Waals surface area (Å²) in [6.45, 7) is 2.64. The van der Waals surface area contributed by atoms with E-state index in [1.807, 2.05) is 73.7 Å². The zero-order chi connectivity index (χ0) is 24.6. The zero-order valence-electron chi connectivity index (χ0n) is 19.1. The summed E-state index contributed by atoms with van der Waals surface area (Å²) in [5, 5.41) is 15.1. The molecule has 0 aliphatic heterocycles. The molecule has 6 heteroatoms. The van der Waals surface area contributed by atoms with E-state index in [1.165, 1.54) is 6.08 Å². The average Bonchev–Trinajstić information content (AvgIpc) is 2.87. The number of nitrogens with one attached hydrogen (secondary N) is 1. The summed E-state index contributed by atoms with van der Waals surface area (Å²) in [4.78, 5) is 12.9. The molecule has 0 fully saturated rings. The third-order valence-corrected chi connectivity index (χ3v) is 5.50. The number of benzene rings is 4. The minimum absolute atomic E-state index is 0.0204. The molecule has 4 aromatic rings. The minimum Gasteiger partial charge on any atom is -0.490 e. The van der Waals surface area contributed by atoms with Gasteiger partial charge in [0.1, 0.15) is 18.2 Å². The maximum Gasteiger partial charge on any atom is 0.266 e. The molecule has 0 heterocycles. The van der Waals surface area contributed by atoms with Crippen molar-refractivity contribution in [2.45, 2.75) is 13.5 Å². The third-order valence-electron chi connectivity index (χ3n) is 5.26. The van der Waals surface area contributed by atoms with Crippen molar-refractivity contribution in [2.75, 3.05) is 11.9 Å². The molecule has 0 unspecified atom stereocenters. The van der Waals surface area contributed by atoms with Crippen molar-refractivity contribution in [3.8, 4) is 17.6 Å². The Morgan fingerprint density at radius 1 is 0.971 bits per heavy atom. The summed E-state index contributed by atoms with van der Waals surface area (Å²) in [5.74, 6) is 0.598. The van der Waals surface area contributed by atoms with Gasteiger partial charge in [-0.2, -0.15) is 5.26 Å². The Morgan fingerprint density at radius 2 is 1.77 bits per heavy atom. The third kappa shape index (κ3) is 6.00. The summed E-state index contributed by atoms with van der Waals surface area (Å²) < 4.78 is 11.7. The van der Waals surface area contributed by atoms with Crippen LogP contribution in [0.1, 0.15) is 18.1 Å². The normalized spacial score (nSPS) is 11.1. The van der Waals surface area contributed by atoms with Crippen molar-refractivity contribution in [3.63, 3.8) is 0 Å². The van der Waals surface area contributed by atoms with Gasteiger partial charge < -0.3 is 14.8 Å². The first-order valence-electron chi connectivity index (χ1n) is 11.1. The van der Waals surface area contributed by atoms with Crippen LogP contribution in [0.25, 0.3) is 16.8 Å². The maximum absolute atomic E-state index is 12.9. The van der Waals surface area contributed by atoms with Gasteiger partial charge in [-0.3, -0.25) is 4.79 Å². The van der Waals surface area contributed by atoms with E-state index in [0.29, 0.717) is 41.0 Å². The van der Waals surface area contributed by atoms with E-state index in [-0.39, 0.29) is 5.57 Å². The summed E-state index contributed by atoms with van der Waals surface area (Å²) in [5.41, 5.74) is 2.20. The highest BCUT2D eigenvalue weighted by Crippen LogP contribution is 2.31. The lowest BCUT2D eigenvalue weighted by molar-refractivity contribution is -0.112. The van der Waals surface area contributed by atoms with Crippen LogP contribution in [0, 0.1) is 11.3 Å². The second-order valence-electron chi connectivity index (χ2n) is 7.71. The lowest BCUT2D eigenvalue weighted by atomic mass is 10.1. The second-order valence-corrected chi connectivity index (χ2v) is 8.14. The Bertz CT molecular complexity index is 1430. The molecule has 0 saturated carbocycles. The van der Waals surface area contributed by atoms with Gasteiger partial charge in [0.15, 0.2) is 11.5 Å². The highest BCUT2D eigenvalue weighted by Gasteiger charge is 2.13. The maximum atomic E-state index is 12.9. The van der Waals surface area contributed by atoms with Crippen LogP contribution in [-0.4, -0.2) is 12.5 Å². The predicted molar refractivity (Wildman–Crippen MR) is 140 cm³/mol. The number of anilines is 1. The van der Waals surface area contributed by atoms with Crippen LogP contribution in [0.5, 0.6) is 11.5 Å². The van der Waals surface area contributed by atoms with Crippen molar-refractivity contribution in [3.05, 3.63) is 107 Å². The van der Waals surface area contributed by atoms with Crippen LogP contribution in [0.4, 0.5) is 5.69 Å². The number of carbonyl (C=O) groups excluding carboxylic acids is 1. The largest absolute Gasteiger partial charge is 0.490 e. The number of halogens is 1. The first-order chi connectivity index (χ1) is 17.1. The summed E-state index contributed by atoms with van der Waals surface area (Å²) in [6, 6.07) is 28.1. The zero-order valence-corrected chi connectivity index (χ0v) is 19.9. The molecule has 0 saturated heterocycles. The van der Waals surface area contributed by atoms with Crippen LogP contribution in [0.2, 0.25) is 5.02 Å². The molecule has 0 radical (unpaired) electrons. The van der Waals surface area contributed by atoms with Gasteiger partial charge in [-0.15, -0.1) is 0 Å². The molecule has 0 aromatic heterocycles. The fourth-order valence-electron chi connectivity index (χ4n) is 3.63. The van der Waals surface area contributed by atoms with E-state index in [2.05, 4.69) is 5.32 Å². The van der Waals surface area contributed by atoms with Crippen molar-refractivity contribution >= 4 is 40.0 Å². The Hall–Kier alpha value is -4.27. The summed E-state index contributed by atoms with van der Waals surface area (Å²) in [6.07, 6.45) is 1.53.